The van der Waals surface area contributed by atoms with Crippen LogP contribution in [0.1, 0.15) is 115 Å². The maximum absolute atomic E-state index is 11.6. The minimum atomic E-state index is -0.487. The summed E-state index contributed by atoms with van der Waals surface area (Å²) in [6.45, 7) is 25.2. The molecule has 11 nitrogen and oxygen atoms in total. The number of carbonyl (C=O) groups excluding carboxylic acids is 2. The van der Waals surface area contributed by atoms with Crippen molar-refractivity contribution in [2.24, 2.45) is 5.73 Å². The lowest BCUT2D eigenvalue weighted by Gasteiger charge is -2.28. The van der Waals surface area contributed by atoms with E-state index in [1.807, 2.05) is 83.1 Å². The van der Waals surface area contributed by atoms with E-state index in [4.69, 9.17) is 47.7 Å². The number of amides is 2. The van der Waals surface area contributed by atoms with E-state index in [0.717, 1.165) is 13.2 Å². The van der Waals surface area contributed by atoms with E-state index < -0.39 is 28.9 Å². The Balaban J connectivity index is -0.000000272. The number of alkyl halides is 1. The van der Waals surface area contributed by atoms with Gasteiger partial charge in [-0.1, -0.05) is 27.8 Å². The Kier molecular flexibility index (Phi) is 30.7. The van der Waals surface area contributed by atoms with Crippen LogP contribution in [-0.2, 0) is 18.9 Å². The van der Waals surface area contributed by atoms with Crippen molar-refractivity contribution in [1.82, 2.24) is 10.6 Å². The summed E-state index contributed by atoms with van der Waals surface area (Å²) < 4.78 is 20.4. The molecule has 0 spiro atoms. The summed E-state index contributed by atoms with van der Waals surface area (Å²) >= 11 is 3.01. The Morgan fingerprint density at radius 3 is 1.38 bits per heavy atom. The normalized spacial score (nSPS) is 12.7. The van der Waals surface area contributed by atoms with Gasteiger partial charge in [-0.2, -0.15) is 0 Å². The summed E-state index contributed by atoms with van der Waals surface area (Å²) in [7, 11) is 0. The predicted octanol–water partition coefficient (Wildman–Crippen LogP) is 5.92. The lowest BCUT2D eigenvalue weighted by Crippen LogP contribution is -2.46. The van der Waals surface area contributed by atoms with Gasteiger partial charge in [0.05, 0.1) is 11.9 Å². The molecule has 0 aromatic rings. The molecule has 1 fully saturated rings. The van der Waals surface area contributed by atoms with Crippen molar-refractivity contribution in [1.29, 1.82) is 0 Å². The second-order valence-electron chi connectivity index (χ2n) is 14.6. The highest BCUT2D eigenvalue weighted by atomic mass is 79.9. The van der Waals surface area contributed by atoms with Crippen LogP contribution in [0, 0.1) is 24.7 Å². The maximum atomic E-state index is 11.6. The quantitative estimate of drug-likeness (QED) is 0.104. The van der Waals surface area contributed by atoms with E-state index in [1.165, 1.54) is 12.8 Å². The van der Waals surface area contributed by atoms with E-state index in [1.54, 1.807) is 0 Å². The largest absolute Gasteiger partial charge is 0.444 e. The average molecular weight is 739 g/mol. The van der Waals surface area contributed by atoms with Crippen LogP contribution in [0.5, 0.6) is 0 Å². The fourth-order valence-corrected chi connectivity index (χ4v) is 2.82. The van der Waals surface area contributed by atoms with Gasteiger partial charge in [0.25, 0.3) is 0 Å². The topological polar surface area (TPSA) is 162 Å². The molecule has 278 valence electrons. The Labute approximate surface area is 295 Å². The maximum Gasteiger partial charge on any atom is 0.408 e. The molecule has 1 heterocycles. The van der Waals surface area contributed by atoms with E-state index in [2.05, 4.69) is 38.4 Å². The predicted molar refractivity (Wildman–Crippen MR) is 196 cm³/mol. The Hall–Kier alpha value is -2.06. The number of hydrogen-bond donors (Lipinski definition) is 5. The summed E-state index contributed by atoms with van der Waals surface area (Å²) in [6.07, 6.45) is 13.3. The van der Waals surface area contributed by atoms with E-state index >= 15 is 0 Å². The number of ether oxygens (including phenoxy) is 4. The third-order valence-corrected chi connectivity index (χ3v) is 5.46. The fraction of sp³-hybridized carbons (Fsp3) is 0.829. The molecule has 0 aliphatic carbocycles. The third-order valence-electron chi connectivity index (χ3n) is 5.13. The lowest BCUT2D eigenvalue weighted by atomic mass is 10.0. The number of carbonyl (C=O) groups is 2. The van der Waals surface area contributed by atoms with Gasteiger partial charge >= 0.3 is 12.2 Å². The number of aliphatic hydroxyl groups is 2. The molecular weight excluding hydrogens is 670 g/mol. The van der Waals surface area contributed by atoms with E-state index in [9.17, 15) is 9.59 Å². The van der Waals surface area contributed by atoms with Crippen molar-refractivity contribution >= 4 is 28.1 Å². The minimum absolute atomic E-state index is 0.0444. The van der Waals surface area contributed by atoms with Crippen molar-refractivity contribution in [3.05, 3.63) is 0 Å². The van der Waals surface area contributed by atoms with Crippen LogP contribution in [0.25, 0.3) is 0 Å². The van der Waals surface area contributed by atoms with Gasteiger partial charge in [-0.15, -0.1) is 12.8 Å². The first-order valence-corrected chi connectivity index (χ1v) is 17.0. The number of aliphatic hydroxyl groups excluding tert-OH is 2. The molecule has 0 bridgehead atoms. The molecule has 6 N–H and O–H groups in total. The molecule has 0 atom stereocenters. The van der Waals surface area contributed by atoms with Gasteiger partial charge in [-0.25, -0.2) is 9.59 Å². The van der Waals surface area contributed by atoms with Gasteiger partial charge in [0.2, 0.25) is 0 Å². The van der Waals surface area contributed by atoms with E-state index in [0.29, 0.717) is 37.8 Å². The van der Waals surface area contributed by atoms with Crippen LogP contribution in [0.2, 0.25) is 0 Å². The molecular formula is C35H68BrN3O8. The minimum Gasteiger partial charge on any atom is -0.444 e. The number of terminal acetylenes is 2. The molecule has 0 radical (unpaired) electrons. The molecule has 1 aliphatic rings. The first-order valence-electron chi connectivity index (χ1n) is 15.9. The van der Waals surface area contributed by atoms with Gasteiger partial charge in [-0.05, 0) is 115 Å². The molecule has 1 aliphatic heterocycles. The number of alkyl carbamates (subject to hydrolysis) is 2. The number of hydrogen-bond acceptors (Lipinski definition) is 9. The van der Waals surface area contributed by atoms with Gasteiger partial charge < -0.3 is 45.5 Å². The summed E-state index contributed by atoms with van der Waals surface area (Å²) in [6, 6.07) is 0. The van der Waals surface area contributed by atoms with Crippen LogP contribution < -0.4 is 16.4 Å². The summed E-state index contributed by atoms with van der Waals surface area (Å²) in [5.41, 5.74) is 3.50. The number of rotatable bonds is 10. The van der Waals surface area contributed by atoms with Crippen LogP contribution in [0.4, 0.5) is 9.59 Å². The fourth-order valence-electron chi connectivity index (χ4n) is 2.82. The van der Waals surface area contributed by atoms with E-state index in [-0.39, 0.29) is 24.3 Å². The van der Waals surface area contributed by atoms with Gasteiger partial charge in [0, 0.05) is 43.0 Å². The monoisotopic (exact) mass is 737 g/mol. The smallest absolute Gasteiger partial charge is 0.408 e. The first kappa shape index (κ1) is 51.8. The number of nitrogens with one attached hydrogen (secondary N) is 2. The van der Waals surface area contributed by atoms with Gasteiger partial charge in [-0.3, -0.25) is 0 Å². The Bertz CT molecular complexity index is 866. The molecule has 1 rings (SSSR count). The number of nitrogens with two attached hydrogens (primary N) is 1. The summed E-state index contributed by atoms with van der Waals surface area (Å²) in [4.78, 5) is 22.9. The molecule has 1 saturated heterocycles. The SMILES string of the molecule is C#CCBr.C#CCOCCC(C)(C)NC(=O)OC(C)(C)C.C1CCOC1.CC(C)(CCO)NC(=O)OC(C)(C)C.CC(C)(N)CCO. The van der Waals surface area contributed by atoms with Gasteiger partial charge in [0.1, 0.15) is 17.8 Å². The highest BCUT2D eigenvalue weighted by Gasteiger charge is 2.25. The molecule has 0 aromatic carbocycles. The average Bonchev–Trinajstić information content (AvgIpc) is 3.44. The van der Waals surface area contributed by atoms with Crippen molar-refractivity contribution in [2.45, 2.75) is 143 Å². The Morgan fingerprint density at radius 1 is 0.766 bits per heavy atom. The molecule has 0 saturated carbocycles. The van der Waals surface area contributed by atoms with Crippen LogP contribution in [0.3, 0.4) is 0 Å². The molecule has 2 amide bonds. The zero-order valence-electron chi connectivity index (χ0n) is 31.4. The van der Waals surface area contributed by atoms with Crippen molar-refractivity contribution < 1.29 is 38.7 Å². The highest BCUT2D eigenvalue weighted by molar-refractivity contribution is 9.09. The summed E-state index contributed by atoms with van der Waals surface area (Å²) in [5.74, 6) is 4.74. The number of halogens is 1. The standard InChI is InChI=1S/C13H23NO3.C10H21NO3.C5H13NO.C4H8O.C3H3Br/c1-7-9-16-10-8-13(5,6)14-11(15)17-12(2,3)4;1-9(2,3)14-8(13)11-10(4,5)6-7-12;1-5(2,6)3-4-7;1-2-4-5-3-1;1-2-3-4/h1H,8-10H2,2-6H3,(H,14,15);12H,6-7H2,1-5H3,(H,11,13);7H,3-4,6H2,1-2H3;1-4H2;1H,3H2. The molecule has 0 aromatic heterocycles. The molecule has 47 heavy (non-hydrogen) atoms. The zero-order chi connectivity index (χ0) is 37.8. The van der Waals surface area contributed by atoms with Gasteiger partial charge in [0.15, 0.2) is 0 Å². The molecule has 12 heteroatoms. The van der Waals surface area contributed by atoms with Crippen LogP contribution in [0.15, 0.2) is 0 Å². The summed E-state index contributed by atoms with van der Waals surface area (Å²) in [5, 5.41) is 23.2. The zero-order valence-corrected chi connectivity index (χ0v) is 33.0. The van der Waals surface area contributed by atoms with Crippen molar-refractivity contribution in [3.63, 3.8) is 0 Å². The van der Waals surface area contributed by atoms with Crippen LogP contribution in [-0.4, -0.2) is 95.2 Å². The second-order valence-corrected chi connectivity index (χ2v) is 15.2. The van der Waals surface area contributed by atoms with Crippen LogP contribution >= 0.6 is 15.9 Å². The molecule has 0 unspecified atom stereocenters. The Morgan fingerprint density at radius 2 is 1.15 bits per heavy atom. The van der Waals surface area contributed by atoms with Crippen molar-refractivity contribution in [3.8, 4) is 24.7 Å². The van der Waals surface area contributed by atoms with Crippen molar-refractivity contribution in [2.75, 3.05) is 45.0 Å². The third kappa shape index (κ3) is 51.0. The highest BCUT2D eigenvalue weighted by Crippen LogP contribution is 2.13. The first-order chi connectivity index (χ1) is 21.3. The lowest BCUT2D eigenvalue weighted by molar-refractivity contribution is 0.0438. The second kappa shape index (κ2) is 27.8.